The molecule has 0 radical (unpaired) electrons. The zero-order valence-electron chi connectivity index (χ0n) is 24.0. The number of benzene rings is 1. The van der Waals surface area contributed by atoms with E-state index in [1.54, 1.807) is 11.3 Å². The number of fused-ring (bicyclic) bond motifs is 1. The number of hydrogen-bond donors (Lipinski definition) is 2. The fourth-order valence-corrected chi connectivity index (χ4v) is 7.27. The number of amides is 2. The summed E-state index contributed by atoms with van der Waals surface area (Å²) < 4.78 is 7.80. The number of nitrogens with zero attached hydrogens (tertiary/aromatic N) is 5. The Morgan fingerprint density at radius 2 is 1.88 bits per heavy atom. The molecule has 1 aromatic carbocycles. The Morgan fingerprint density at radius 1 is 1.07 bits per heavy atom. The number of morpholine rings is 1. The maximum atomic E-state index is 13.6. The van der Waals surface area contributed by atoms with E-state index >= 15 is 0 Å². The number of aromatic nitrogens is 3. The van der Waals surface area contributed by atoms with Crippen molar-refractivity contribution in [3.05, 3.63) is 58.2 Å². The van der Waals surface area contributed by atoms with Crippen LogP contribution in [0.1, 0.15) is 64.5 Å². The minimum atomic E-state index is -0.0619. The first-order chi connectivity index (χ1) is 20.6. The number of anilines is 2. The minimum Gasteiger partial charge on any atom is -0.379 e. The molecule has 2 aromatic heterocycles. The summed E-state index contributed by atoms with van der Waals surface area (Å²) in [5, 5.41) is 16.0. The topological polar surface area (TPSA) is 105 Å². The molecule has 0 spiro atoms. The molecule has 1 atom stereocenters. The average molecular weight is 590 g/mol. The molecule has 11 heteroatoms. The Balaban J connectivity index is 1.16. The van der Waals surface area contributed by atoms with Crippen LogP contribution in [0.3, 0.4) is 0 Å². The molecule has 2 amide bonds. The molecule has 1 aliphatic heterocycles. The van der Waals surface area contributed by atoms with Crippen LogP contribution in [0.2, 0.25) is 0 Å². The van der Waals surface area contributed by atoms with Crippen molar-refractivity contribution in [2.75, 3.05) is 49.7 Å². The molecule has 222 valence electrons. The summed E-state index contributed by atoms with van der Waals surface area (Å²) in [6.07, 6.45) is 8.55. The van der Waals surface area contributed by atoms with Gasteiger partial charge in [-0.15, -0.1) is 21.5 Å². The van der Waals surface area contributed by atoms with E-state index in [-0.39, 0.29) is 23.8 Å². The van der Waals surface area contributed by atoms with Crippen molar-refractivity contribution >= 4 is 34.1 Å². The summed E-state index contributed by atoms with van der Waals surface area (Å²) in [6, 6.07) is 10.6. The first-order valence-electron chi connectivity index (χ1n) is 15.3. The zero-order chi connectivity index (χ0) is 28.5. The van der Waals surface area contributed by atoms with Gasteiger partial charge in [0.1, 0.15) is 11.3 Å². The Morgan fingerprint density at radius 3 is 2.64 bits per heavy atom. The molecule has 3 aliphatic carbocycles. The van der Waals surface area contributed by atoms with Crippen LogP contribution < -0.4 is 15.5 Å². The number of carbonyl (C=O) groups excluding carboxylic acids is 2. The molecule has 42 heavy (non-hydrogen) atoms. The van der Waals surface area contributed by atoms with E-state index in [0.29, 0.717) is 29.4 Å². The van der Waals surface area contributed by atoms with Crippen molar-refractivity contribution < 1.29 is 14.3 Å². The van der Waals surface area contributed by atoms with Gasteiger partial charge in [0.2, 0.25) is 11.9 Å². The van der Waals surface area contributed by atoms with Gasteiger partial charge in [0.25, 0.3) is 5.91 Å². The lowest BCUT2D eigenvalue weighted by Gasteiger charge is -2.34. The molecule has 1 unspecified atom stereocenters. The molecular weight excluding hydrogens is 550 g/mol. The third-order valence-electron chi connectivity index (χ3n) is 8.82. The highest BCUT2D eigenvalue weighted by molar-refractivity contribution is 7.17. The summed E-state index contributed by atoms with van der Waals surface area (Å²) in [7, 11) is 0. The van der Waals surface area contributed by atoms with E-state index < -0.39 is 0 Å². The third kappa shape index (κ3) is 6.23. The van der Waals surface area contributed by atoms with Crippen LogP contribution in [0.15, 0.2) is 36.7 Å². The summed E-state index contributed by atoms with van der Waals surface area (Å²) >= 11 is 1.59. The summed E-state index contributed by atoms with van der Waals surface area (Å²) in [5.41, 5.74) is 2.95. The van der Waals surface area contributed by atoms with Crippen LogP contribution in [0.5, 0.6) is 0 Å². The largest absolute Gasteiger partial charge is 0.379 e. The first-order valence-corrected chi connectivity index (χ1v) is 16.2. The summed E-state index contributed by atoms with van der Waals surface area (Å²) in [6.45, 7) is 5.40. The summed E-state index contributed by atoms with van der Waals surface area (Å²) in [4.78, 5) is 32.2. The van der Waals surface area contributed by atoms with E-state index in [2.05, 4.69) is 59.5 Å². The number of carbonyl (C=O) groups is 2. The fraction of sp³-hybridized carbons (Fsp3) is 0.548. The molecule has 2 saturated carbocycles. The Kier molecular flexibility index (Phi) is 7.96. The number of rotatable bonds is 11. The quantitative estimate of drug-likeness (QED) is 0.350. The molecule has 3 aromatic rings. The van der Waals surface area contributed by atoms with Crippen molar-refractivity contribution in [3.63, 3.8) is 0 Å². The van der Waals surface area contributed by atoms with Gasteiger partial charge >= 0.3 is 0 Å². The number of nitrogens with one attached hydrogen (secondary N) is 2. The molecule has 4 aliphatic rings. The maximum Gasteiger partial charge on any atom is 0.254 e. The van der Waals surface area contributed by atoms with Crippen molar-refractivity contribution in [3.8, 4) is 0 Å². The van der Waals surface area contributed by atoms with Crippen molar-refractivity contribution in [1.82, 2.24) is 25.0 Å². The van der Waals surface area contributed by atoms with E-state index in [1.807, 2.05) is 12.4 Å². The second-order valence-electron chi connectivity index (χ2n) is 12.1. The molecule has 2 N–H and O–H groups in total. The van der Waals surface area contributed by atoms with Crippen LogP contribution >= 0.6 is 11.3 Å². The van der Waals surface area contributed by atoms with Crippen LogP contribution in [-0.2, 0) is 28.9 Å². The molecular formula is C31H39N7O3S. The number of aryl methyl sites for hydroxylation is 1. The fourth-order valence-electron chi connectivity index (χ4n) is 6.03. The maximum absolute atomic E-state index is 13.6. The Hall–Kier alpha value is -3.28. The average Bonchev–Trinajstić information content (AvgIpc) is 3.95. The second-order valence-corrected chi connectivity index (χ2v) is 13.2. The van der Waals surface area contributed by atoms with Crippen molar-refractivity contribution in [2.45, 2.75) is 57.5 Å². The van der Waals surface area contributed by atoms with Crippen LogP contribution in [0.25, 0.3) is 0 Å². The van der Waals surface area contributed by atoms with Gasteiger partial charge in [-0.3, -0.25) is 19.1 Å². The third-order valence-corrected chi connectivity index (χ3v) is 10.0. The highest BCUT2D eigenvalue weighted by Crippen LogP contribution is 2.43. The highest BCUT2D eigenvalue weighted by Gasteiger charge is 2.35. The van der Waals surface area contributed by atoms with Gasteiger partial charge < -0.3 is 20.3 Å². The van der Waals surface area contributed by atoms with Gasteiger partial charge in [-0.1, -0.05) is 30.3 Å². The van der Waals surface area contributed by atoms with Gasteiger partial charge in [-0.25, -0.2) is 0 Å². The standard InChI is InChI=1S/C31H39N7O3S/c39-28(23-8-9-23)34-30-27(29(40)32-17-21-6-7-21)25-16-24(10-11-26(25)42-30)38-19-33-35-31(38)37(18-22-4-2-1-3-5-22)20-36-12-14-41-15-13-36/h1-5,19,21,23-24H,6-18,20H2,(H,32,40)(H,34,39). The number of ether oxygens (including phenoxy) is 1. The smallest absolute Gasteiger partial charge is 0.254 e. The van der Waals surface area contributed by atoms with Gasteiger partial charge in [-0.05, 0) is 62.0 Å². The normalized spacial score (nSPS) is 20.6. The van der Waals surface area contributed by atoms with Crippen LogP contribution in [-0.4, -0.2) is 71.0 Å². The molecule has 0 bridgehead atoms. The van der Waals surface area contributed by atoms with Crippen LogP contribution in [0.4, 0.5) is 10.9 Å². The monoisotopic (exact) mass is 589 g/mol. The highest BCUT2D eigenvalue weighted by atomic mass is 32.1. The lowest BCUT2D eigenvalue weighted by Crippen LogP contribution is -2.44. The minimum absolute atomic E-state index is 0.0437. The molecule has 1 saturated heterocycles. The molecule has 3 fully saturated rings. The lowest BCUT2D eigenvalue weighted by atomic mass is 9.91. The number of thiophene rings is 1. The van der Waals surface area contributed by atoms with Crippen LogP contribution in [0, 0.1) is 11.8 Å². The van der Waals surface area contributed by atoms with Crippen molar-refractivity contribution in [1.29, 1.82) is 0 Å². The van der Waals surface area contributed by atoms with Gasteiger partial charge in [0.05, 0.1) is 25.4 Å². The van der Waals surface area contributed by atoms with E-state index in [9.17, 15) is 9.59 Å². The molecule has 10 nitrogen and oxygen atoms in total. The predicted octanol–water partition coefficient (Wildman–Crippen LogP) is 3.85. The van der Waals surface area contributed by atoms with Gasteiger partial charge in [0, 0.05) is 43.0 Å². The lowest BCUT2D eigenvalue weighted by molar-refractivity contribution is -0.117. The van der Waals surface area contributed by atoms with Gasteiger partial charge in [-0.2, -0.15) is 0 Å². The Bertz CT molecular complexity index is 1410. The number of hydrogen-bond acceptors (Lipinski definition) is 8. The predicted molar refractivity (Wildman–Crippen MR) is 162 cm³/mol. The van der Waals surface area contributed by atoms with Crippen molar-refractivity contribution in [2.24, 2.45) is 11.8 Å². The molecule has 3 heterocycles. The first kappa shape index (κ1) is 27.5. The Labute approximate surface area is 250 Å². The SMILES string of the molecule is O=C(NCC1CC1)c1c(NC(=O)C2CC2)sc2c1CC(n1cnnc1N(Cc1ccccc1)CN1CCOCC1)CC2. The molecule has 7 rings (SSSR count). The van der Waals surface area contributed by atoms with E-state index in [0.717, 1.165) is 76.7 Å². The van der Waals surface area contributed by atoms with E-state index in [4.69, 9.17) is 4.74 Å². The summed E-state index contributed by atoms with van der Waals surface area (Å²) in [5.74, 6) is 1.49. The zero-order valence-corrected chi connectivity index (χ0v) is 24.8. The second kappa shape index (κ2) is 12.1. The van der Waals surface area contributed by atoms with E-state index in [1.165, 1.54) is 23.3 Å². The van der Waals surface area contributed by atoms with Gasteiger partial charge in [0.15, 0.2) is 0 Å².